The lowest BCUT2D eigenvalue weighted by molar-refractivity contribution is -0.126. The molecular formula is C32H28F2N2O3. The largest absolute Gasteiger partial charge is 0.392 e. The van der Waals surface area contributed by atoms with Crippen molar-refractivity contribution in [2.24, 2.45) is 0 Å². The zero-order valence-electron chi connectivity index (χ0n) is 21.3. The number of rotatable bonds is 4. The summed E-state index contributed by atoms with van der Waals surface area (Å²) < 4.78 is 29.8. The number of nitrogens with zero attached hydrogens (tertiary/aromatic N) is 1. The normalized spacial score (nSPS) is 19.9. The molecule has 1 atom stereocenters. The molecule has 39 heavy (non-hydrogen) atoms. The highest BCUT2D eigenvalue weighted by atomic mass is 19.1. The molecule has 1 fully saturated rings. The average Bonchev–Trinajstić information content (AvgIpc) is 3.06. The van der Waals surface area contributed by atoms with E-state index in [-0.39, 0.29) is 18.3 Å². The Labute approximate surface area is 225 Å². The van der Waals surface area contributed by atoms with Crippen LogP contribution in [0.25, 0.3) is 5.57 Å². The first-order chi connectivity index (χ1) is 18.8. The van der Waals surface area contributed by atoms with E-state index in [0.29, 0.717) is 71.6 Å². The number of amides is 1. The van der Waals surface area contributed by atoms with Crippen molar-refractivity contribution in [3.63, 3.8) is 0 Å². The molecule has 1 unspecified atom stereocenters. The molecule has 1 spiro atoms. The first-order valence-electron chi connectivity index (χ1n) is 13.1. The average molecular weight is 527 g/mol. The summed E-state index contributed by atoms with van der Waals surface area (Å²) in [5.41, 5.74) is 2.89. The van der Waals surface area contributed by atoms with Crippen LogP contribution in [0.3, 0.4) is 0 Å². The predicted octanol–water partition coefficient (Wildman–Crippen LogP) is 5.00. The van der Waals surface area contributed by atoms with Gasteiger partial charge in [-0.1, -0.05) is 49.0 Å². The number of carbonyl (C=O) groups is 2. The van der Waals surface area contributed by atoms with Crippen LogP contribution in [-0.2, 0) is 23.2 Å². The first-order valence-corrected chi connectivity index (χ1v) is 13.1. The number of hydrogen-bond donors (Lipinski definition) is 2. The monoisotopic (exact) mass is 526 g/mol. The van der Waals surface area contributed by atoms with E-state index in [1.807, 2.05) is 35.2 Å². The van der Waals surface area contributed by atoms with Crippen molar-refractivity contribution in [1.82, 2.24) is 10.2 Å². The number of ketones is 1. The van der Waals surface area contributed by atoms with Crippen molar-refractivity contribution in [3.8, 4) is 0 Å². The van der Waals surface area contributed by atoms with Crippen LogP contribution >= 0.6 is 0 Å². The van der Waals surface area contributed by atoms with Crippen molar-refractivity contribution in [1.29, 1.82) is 0 Å². The van der Waals surface area contributed by atoms with Crippen molar-refractivity contribution in [3.05, 3.63) is 124 Å². The van der Waals surface area contributed by atoms with Gasteiger partial charge in [0.1, 0.15) is 17.5 Å². The number of nitrogens with one attached hydrogen (secondary N) is 1. The zero-order chi connectivity index (χ0) is 27.3. The standard InChI is InChI=1S/C32H28F2N2O3/c1-19-14-27(35-31(39)23-9-5-8-21(18-37)28(19)23)36-12-10-32(11-13-36)29-24(16-22(33)17-26(29)34)25(30(32)38)15-20-6-3-2-4-7-20/h2-9,14,16-17,25,37H,1,10-13,15,18H2,(H,35,39). The fourth-order valence-corrected chi connectivity index (χ4v) is 6.58. The van der Waals surface area contributed by atoms with Gasteiger partial charge in [0.05, 0.1) is 12.0 Å². The summed E-state index contributed by atoms with van der Waals surface area (Å²) in [7, 11) is 0. The Bertz CT molecular complexity index is 1540. The first kappa shape index (κ1) is 25.2. The molecule has 198 valence electrons. The van der Waals surface area contributed by atoms with Gasteiger partial charge in [0.15, 0.2) is 5.78 Å². The third kappa shape index (κ3) is 4.08. The highest BCUT2D eigenvalue weighted by Crippen LogP contribution is 2.51. The topological polar surface area (TPSA) is 69.6 Å². The van der Waals surface area contributed by atoms with E-state index in [1.165, 1.54) is 6.07 Å². The van der Waals surface area contributed by atoms with Gasteiger partial charge in [-0.3, -0.25) is 9.59 Å². The molecule has 7 heteroatoms. The lowest BCUT2D eigenvalue weighted by atomic mass is 9.72. The van der Waals surface area contributed by atoms with Gasteiger partial charge in [0.25, 0.3) is 5.91 Å². The molecule has 5 nitrogen and oxygen atoms in total. The van der Waals surface area contributed by atoms with E-state index in [4.69, 9.17) is 0 Å². The summed E-state index contributed by atoms with van der Waals surface area (Å²) in [6.45, 7) is 4.70. The number of halogens is 2. The lowest BCUT2D eigenvalue weighted by Crippen LogP contribution is -2.48. The minimum Gasteiger partial charge on any atom is -0.392 e. The van der Waals surface area contributed by atoms with Gasteiger partial charge in [-0.05, 0) is 65.3 Å². The van der Waals surface area contributed by atoms with Crippen LogP contribution in [0.2, 0.25) is 0 Å². The van der Waals surface area contributed by atoms with Gasteiger partial charge in [-0.2, -0.15) is 0 Å². The van der Waals surface area contributed by atoms with Gasteiger partial charge >= 0.3 is 0 Å². The van der Waals surface area contributed by atoms with Crippen LogP contribution in [0, 0.1) is 11.6 Å². The van der Waals surface area contributed by atoms with Crippen molar-refractivity contribution < 1.29 is 23.5 Å². The smallest absolute Gasteiger partial charge is 0.257 e. The van der Waals surface area contributed by atoms with Crippen LogP contribution in [0.15, 0.2) is 79.1 Å². The quantitative estimate of drug-likeness (QED) is 0.502. The molecular weight excluding hydrogens is 498 g/mol. The second kappa shape index (κ2) is 9.58. The predicted molar refractivity (Wildman–Crippen MR) is 144 cm³/mol. The summed E-state index contributed by atoms with van der Waals surface area (Å²) in [5.74, 6) is -1.82. The molecule has 0 saturated carbocycles. The number of hydrogen-bond acceptors (Lipinski definition) is 4. The molecule has 1 aliphatic carbocycles. The zero-order valence-corrected chi connectivity index (χ0v) is 21.3. The molecule has 3 aliphatic rings. The molecule has 1 saturated heterocycles. The number of Topliss-reactive ketones (excluding diaryl/α,β-unsaturated/α-hetero) is 1. The second-order valence-electron chi connectivity index (χ2n) is 10.5. The van der Waals surface area contributed by atoms with Crippen LogP contribution < -0.4 is 5.32 Å². The van der Waals surface area contributed by atoms with E-state index >= 15 is 4.39 Å². The van der Waals surface area contributed by atoms with E-state index in [2.05, 4.69) is 11.9 Å². The summed E-state index contributed by atoms with van der Waals surface area (Å²) in [6, 6.07) is 16.9. The maximum absolute atomic E-state index is 15.4. The van der Waals surface area contributed by atoms with Crippen molar-refractivity contribution >= 4 is 17.3 Å². The minimum absolute atomic E-state index is 0.0752. The molecule has 3 aromatic carbocycles. The Morgan fingerprint density at radius 1 is 1.03 bits per heavy atom. The van der Waals surface area contributed by atoms with Crippen LogP contribution in [-0.4, -0.2) is 34.8 Å². The van der Waals surface area contributed by atoms with Crippen molar-refractivity contribution in [2.45, 2.75) is 37.2 Å². The molecule has 2 heterocycles. The molecule has 2 aliphatic heterocycles. The van der Waals surface area contributed by atoms with Crippen molar-refractivity contribution in [2.75, 3.05) is 13.1 Å². The van der Waals surface area contributed by atoms with Gasteiger partial charge < -0.3 is 15.3 Å². The van der Waals surface area contributed by atoms with Gasteiger partial charge in [0.2, 0.25) is 0 Å². The molecule has 0 radical (unpaired) electrons. The van der Waals surface area contributed by atoms with E-state index < -0.39 is 23.0 Å². The summed E-state index contributed by atoms with van der Waals surface area (Å²) in [5, 5.41) is 12.7. The SMILES string of the molecule is C=C1C=C(N2CCC3(CC2)C(=O)C(Cc2ccccc2)c2cc(F)cc(F)c23)NC(=O)c2cccc(CO)c21. The van der Waals surface area contributed by atoms with E-state index in [9.17, 15) is 19.1 Å². The fourth-order valence-electron chi connectivity index (χ4n) is 6.58. The van der Waals surface area contributed by atoms with Gasteiger partial charge in [0, 0.05) is 36.2 Å². The Morgan fingerprint density at radius 2 is 1.77 bits per heavy atom. The molecule has 6 rings (SSSR count). The summed E-state index contributed by atoms with van der Waals surface area (Å²) >= 11 is 0. The van der Waals surface area contributed by atoms with E-state index in [1.54, 1.807) is 24.3 Å². The Morgan fingerprint density at radius 3 is 2.49 bits per heavy atom. The van der Waals surface area contributed by atoms with Gasteiger partial charge in [-0.25, -0.2) is 8.78 Å². The second-order valence-corrected chi connectivity index (χ2v) is 10.5. The number of benzene rings is 3. The Kier molecular flexibility index (Phi) is 6.19. The maximum atomic E-state index is 15.4. The Hall–Kier alpha value is -4.10. The number of fused-ring (bicyclic) bond motifs is 3. The van der Waals surface area contributed by atoms with Crippen LogP contribution in [0.5, 0.6) is 0 Å². The van der Waals surface area contributed by atoms with E-state index in [0.717, 1.165) is 11.6 Å². The molecule has 3 aromatic rings. The lowest BCUT2D eigenvalue weighted by Gasteiger charge is -2.41. The summed E-state index contributed by atoms with van der Waals surface area (Å²) in [4.78, 5) is 29.1. The van der Waals surface area contributed by atoms with Crippen LogP contribution in [0.1, 0.15) is 56.9 Å². The third-order valence-corrected chi connectivity index (χ3v) is 8.41. The highest BCUT2D eigenvalue weighted by molar-refractivity contribution is 6.03. The number of allylic oxidation sites excluding steroid dienone is 2. The molecule has 0 aromatic heterocycles. The highest BCUT2D eigenvalue weighted by Gasteiger charge is 2.54. The van der Waals surface area contributed by atoms with Crippen LogP contribution in [0.4, 0.5) is 8.78 Å². The fraction of sp³-hybridized carbons (Fsp3) is 0.250. The number of piperidine rings is 1. The number of aliphatic hydroxyl groups excluding tert-OH is 1. The third-order valence-electron chi connectivity index (χ3n) is 8.41. The number of aliphatic hydroxyl groups is 1. The molecule has 1 amide bonds. The van der Waals surface area contributed by atoms with Gasteiger partial charge in [-0.15, -0.1) is 0 Å². The minimum atomic E-state index is -1.05. The number of likely N-dealkylation sites (tertiary alicyclic amines) is 1. The maximum Gasteiger partial charge on any atom is 0.257 e. The molecule has 2 N–H and O–H groups in total. The molecule has 0 bridgehead atoms. The summed E-state index contributed by atoms with van der Waals surface area (Å²) in [6.07, 6.45) is 2.83. The number of carbonyl (C=O) groups excluding carboxylic acids is 2. The Balaban J connectivity index is 1.30.